The molecule has 0 spiro atoms. The topological polar surface area (TPSA) is 106 Å². The number of aryl methyl sites for hydroxylation is 1. The van der Waals surface area contributed by atoms with Gasteiger partial charge in [-0.05, 0) is 43.1 Å². The highest BCUT2D eigenvalue weighted by Crippen LogP contribution is 2.30. The number of methoxy groups -OCH3 is 1. The third-order valence-corrected chi connectivity index (χ3v) is 4.54. The maximum Gasteiger partial charge on any atom is 0.269 e. The molecule has 1 heterocycles. The van der Waals surface area contributed by atoms with Crippen LogP contribution in [-0.2, 0) is 6.42 Å². The molecule has 0 radical (unpaired) electrons. The number of fused-ring (bicyclic) bond motifs is 1. The summed E-state index contributed by atoms with van der Waals surface area (Å²) in [6.07, 6.45) is 1.77. The van der Waals surface area contributed by atoms with Crippen molar-refractivity contribution in [3.8, 4) is 11.5 Å². The normalized spacial score (nSPS) is 10.8. The molecule has 3 rings (SSSR count). The van der Waals surface area contributed by atoms with E-state index in [9.17, 15) is 14.9 Å². The first kappa shape index (κ1) is 20.3. The van der Waals surface area contributed by atoms with Crippen LogP contribution in [0.3, 0.4) is 0 Å². The third-order valence-electron chi connectivity index (χ3n) is 4.54. The first-order valence-electron chi connectivity index (χ1n) is 9.35. The molecule has 152 valence electrons. The number of nitrogens with zero attached hydrogens (tertiary/aromatic N) is 1. The fourth-order valence-corrected chi connectivity index (χ4v) is 3.05. The molecule has 1 aromatic heterocycles. The number of benzene rings is 2. The molecule has 0 amide bonds. The van der Waals surface area contributed by atoms with Crippen LogP contribution in [0.5, 0.6) is 11.5 Å². The van der Waals surface area contributed by atoms with Gasteiger partial charge >= 0.3 is 0 Å². The van der Waals surface area contributed by atoms with Gasteiger partial charge in [0.15, 0.2) is 0 Å². The van der Waals surface area contributed by atoms with Gasteiger partial charge in [-0.15, -0.1) is 0 Å². The summed E-state index contributed by atoms with van der Waals surface area (Å²) in [6, 6.07) is 13.4. The van der Waals surface area contributed by atoms with Crippen molar-refractivity contribution >= 4 is 16.6 Å². The quantitative estimate of drug-likeness (QED) is 0.309. The highest BCUT2D eigenvalue weighted by Gasteiger charge is 2.08. The maximum atomic E-state index is 11.6. The Morgan fingerprint density at radius 2 is 1.79 bits per heavy atom. The highest BCUT2D eigenvalue weighted by molar-refractivity contribution is 5.89. The van der Waals surface area contributed by atoms with E-state index in [1.165, 1.54) is 18.2 Å². The Bertz CT molecular complexity index is 1030. The van der Waals surface area contributed by atoms with E-state index in [0.29, 0.717) is 30.2 Å². The molecule has 8 heteroatoms. The van der Waals surface area contributed by atoms with Crippen molar-refractivity contribution in [1.82, 2.24) is 10.3 Å². The van der Waals surface area contributed by atoms with Crippen molar-refractivity contribution < 1.29 is 14.4 Å². The predicted octanol–water partition coefficient (Wildman–Crippen LogP) is 3.05. The lowest BCUT2D eigenvalue weighted by atomic mass is 10.1. The minimum atomic E-state index is -0.394. The first-order chi connectivity index (χ1) is 14.1. The Kier molecular flexibility index (Phi) is 6.80. The largest absolute Gasteiger partial charge is 0.495 e. The van der Waals surface area contributed by atoms with Gasteiger partial charge in [-0.2, -0.15) is 0 Å². The van der Waals surface area contributed by atoms with Gasteiger partial charge in [0.2, 0.25) is 5.56 Å². The van der Waals surface area contributed by atoms with Gasteiger partial charge in [-0.1, -0.05) is 12.1 Å². The zero-order valence-corrected chi connectivity index (χ0v) is 16.1. The Morgan fingerprint density at radius 1 is 1.03 bits per heavy atom. The molecule has 8 nitrogen and oxygen atoms in total. The molecule has 2 N–H and O–H groups in total. The number of rotatable bonds is 10. The number of nitro benzene ring substituents is 1. The van der Waals surface area contributed by atoms with E-state index in [1.807, 2.05) is 6.07 Å². The summed E-state index contributed by atoms with van der Waals surface area (Å²) in [5.41, 5.74) is 1.61. The van der Waals surface area contributed by atoms with Crippen LogP contribution in [0.1, 0.15) is 12.0 Å². The van der Waals surface area contributed by atoms with Crippen molar-refractivity contribution in [2.24, 2.45) is 0 Å². The molecular formula is C21H23N3O5. The molecular weight excluding hydrogens is 374 g/mol. The Labute approximate surface area is 167 Å². The lowest BCUT2D eigenvalue weighted by Crippen LogP contribution is -2.22. The van der Waals surface area contributed by atoms with Crippen molar-refractivity contribution in [3.63, 3.8) is 0 Å². The van der Waals surface area contributed by atoms with Crippen LogP contribution in [0.15, 0.2) is 53.3 Å². The molecule has 0 aliphatic carbocycles. The van der Waals surface area contributed by atoms with Gasteiger partial charge in [-0.25, -0.2) is 0 Å². The lowest BCUT2D eigenvalue weighted by molar-refractivity contribution is -0.384. The minimum absolute atomic E-state index is 0.110. The van der Waals surface area contributed by atoms with Crippen molar-refractivity contribution in [3.05, 3.63) is 74.6 Å². The highest BCUT2D eigenvalue weighted by atomic mass is 16.6. The van der Waals surface area contributed by atoms with Crippen LogP contribution in [0.4, 0.5) is 5.69 Å². The van der Waals surface area contributed by atoms with E-state index in [-0.39, 0.29) is 11.2 Å². The summed E-state index contributed by atoms with van der Waals surface area (Å²) < 4.78 is 11.1. The Morgan fingerprint density at radius 3 is 2.52 bits per heavy atom. The van der Waals surface area contributed by atoms with Crippen molar-refractivity contribution in [1.29, 1.82) is 0 Å². The Hall–Kier alpha value is -3.39. The lowest BCUT2D eigenvalue weighted by Gasteiger charge is -2.12. The number of ether oxygens (including phenoxy) is 2. The summed E-state index contributed by atoms with van der Waals surface area (Å²) in [5.74, 6) is 1.28. The molecule has 0 aliphatic rings. The second-order valence-electron chi connectivity index (χ2n) is 6.50. The molecule has 0 atom stereocenters. The second-order valence-corrected chi connectivity index (χ2v) is 6.50. The molecule has 2 aromatic carbocycles. The monoisotopic (exact) mass is 397 g/mol. The number of nitrogens with one attached hydrogen (secondary N) is 2. The van der Waals surface area contributed by atoms with E-state index < -0.39 is 4.92 Å². The number of aromatic nitrogens is 1. The van der Waals surface area contributed by atoms with E-state index in [0.717, 1.165) is 30.3 Å². The van der Waals surface area contributed by atoms with Crippen molar-refractivity contribution in [2.45, 2.75) is 12.8 Å². The number of non-ortho nitro benzene ring substituents is 1. The third kappa shape index (κ3) is 5.32. The molecule has 0 saturated heterocycles. The number of hydrogen-bond donors (Lipinski definition) is 2. The predicted molar refractivity (Wildman–Crippen MR) is 111 cm³/mol. The van der Waals surface area contributed by atoms with Crippen LogP contribution in [0.2, 0.25) is 0 Å². The maximum absolute atomic E-state index is 11.6. The average Bonchev–Trinajstić information content (AvgIpc) is 2.73. The molecule has 0 unspecified atom stereocenters. The average molecular weight is 397 g/mol. The van der Waals surface area contributed by atoms with E-state index in [2.05, 4.69) is 10.3 Å². The molecule has 0 fully saturated rings. The number of aromatic amines is 1. The summed E-state index contributed by atoms with van der Waals surface area (Å²) in [6.45, 7) is 1.98. The zero-order chi connectivity index (χ0) is 20.6. The van der Waals surface area contributed by atoms with Crippen LogP contribution >= 0.6 is 0 Å². The number of H-pyrrole nitrogens is 1. The fourth-order valence-electron chi connectivity index (χ4n) is 3.05. The number of pyridine rings is 1. The molecule has 0 saturated carbocycles. The van der Waals surface area contributed by atoms with E-state index in [4.69, 9.17) is 9.47 Å². The summed E-state index contributed by atoms with van der Waals surface area (Å²) in [4.78, 5) is 24.6. The first-order valence-corrected chi connectivity index (χ1v) is 9.35. The minimum Gasteiger partial charge on any atom is -0.495 e. The second kappa shape index (κ2) is 9.70. The molecule has 29 heavy (non-hydrogen) atoms. The van der Waals surface area contributed by atoms with Crippen LogP contribution in [0.25, 0.3) is 10.9 Å². The van der Waals surface area contributed by atoms with E-state index in [1.54, 1.807) is 31.4 Å². The standard InChI is InChI=1S/C21H23N3O5/c1-28-19-10-9-18(17-8-11-20(25)23-21(17)19)29-14-13-22-12-2-3-15-4-6-16(7-5-15)24(26)27/h4-11,22H,2-3,12-14H2,1H3,(H,23,25). The molecule has 0 aliphatic heterocycles. The van der Waals surface area contributed by atoms with Gasteiger partial charge < -0.3 is 19.8 Å². The smallest absolute Gasteiger partial charge is 0.269 e. The summed E-state index contributed by atoms with van der Waals surface area (Å²) >= 11 is 0. The van der Waals surface area contributed by atoms with Crippen LogP contribution in [0, 0.1) is 10.1 Å². The summed E-state index contributed by atoms with van der Waals surface area (Å²) in [5, 5.41) is 14.8. The molecule has 0 bridgehead atoms. The molecule has 3 aromatic rings. The van der Waals surface area contributed by atoms with Gasteiger partial charge in [0, 0.05) is 30.1 Å². The Balaban J connectivity index is 1.43. The fraction of sp³-hybridized carbons (Fsp3) is 0.286. The van der Waals surface area contributed by atoms with Gasteiger partial charge in [0.25, 0.3) is 5.69 Å². The van der Waals surface area contributed by atoms with Gasteiger partial charge in [0.1, 0.15) is 18.1 Å². The zero-order valence-electron chi connectivity index (χ0n) is 16.1. The van der Waals surface area contributed by atoms with Crippen molar-refractivity contribution in [2.75, 3.05) is 26.8 Å². The van der Waals surface area contributed by atoms with Gasteiger partial charge in [-0.3, -0.25) is 14.9 Å². The summed E-state index contributed by atoms with van der Waals surface area (Å²) in [7, 11) is 1.56. The number of hydrogen-bond acceptors (Lipinski definition) is 6. The van der Waals surface area contributed by atoms with Crippen LogP contribution < -0.4 is 20.3 Å². The van der Waals surface area contributed by atoms with Crippen LogP contribution in [-0.4, -0.2) is 36.7 Å². The van der Waals surface area contributed by atoms with E-state index >= 15 is 0 Å². The van der Waals surface area contributed by atoms with Gasteiger partial charge in [0.05, 0.1) is 17.5 Å². The number of nitro groups is 1. The SMILES string of the molecule is COc1ccc(OCCNCCCc2ccc([N+](=O)[O-])cc2)c2ccc(=O)[nH]c12.